The largest absolute Gasteiger partial charge is 0.314 e. The molecule has 2 unspecified atom stereocenters. The molecular weight excluding hydrogens is 270 g/mol. The van der Waals surface area contributed by atoms with Crippen LogP contribution in [0.15, 0.2) is 0 Å². The molecule has 1 N–H and O–H groups in total. The number of aryl methyl sites for hydroxylation is 2. The maximum absolute atomic E-state index is 6.40. The maximum atomic E-state index is 6.40. The summed E-state index contributed by atoms with van der Waals surface area (Å²) in [6.45, 7) is 5.37. The molecule has 0 radical (unpaired) electrons. The Hall–Kier alpha value is -0.540. The lowest BCUT2D eigenvalue weighted by molar-refractivity contribution is 0.378. The molecule has 1 fully saturated rings. The highest BCUT2D eigenvalue weighted by molar-refractivity contribution is 6.31. The molecule has 20 heavy (non-hydrogen) atoms. The third-order valence-corrected chi connectivity index (χ3v) is 4.95. The van der Waals surface area contributed by atoms with Crippen LogP contribution in [-0.2, 0) is 13.5 Å². The van der Waals surface area contributed by atoms with E-state index in [2.05, 4.69) is 17.3 Å². The summed E-state index contributed by atoms with van der Waals surface area (Å²) in [4.78, 5) is 0. The fraction of sp³-hybridized carbons (Fsp3) is 0.812. The van der Waals surface area contributed by atoms with Crippen LogP contribution in [0.5, 0.6) is 0 Å². The lowest BCUT2D eigenvalue weighted by Crippen LogP contribution is -2.31. The van der Waals surface area contributed by atoms with Gasteiger partial charge in [0.2, 0.25) is 0 Å². The molecule has 1 saturated carbocycles. The Morgan fingerprint density at radius 1 is 1.35 bits per heavy atom. The van der Waals surface area contributed by atoms with Gasteiger partial charge in [-0.05, 0) is 45.1 Å². The highest BCUT2D eigenvalue weighted by Crippen LogP contribution is 2.29. The standard InChI is InChI=1S/C16H28ClN3/c1-4-9-18-14-8-6-5-7-13(10-14)11-15-16(17)12(2)19-20(15)3/h13-14,18H,4-11H2,1-3H3. The molecule has 0 aromatic carbocycles. The van der Waals surface area contributed by atoms with Crippen molar-refractivity contribution in [3.63, 3.8) is 0 Å². The van der Waals surface area contributed by atoms with Crippen LogP contribution in [0.4, 0.5) is 0 Å². The summed E-state index contributed by atoms with van der Waals surface area (Å²) in [6.07, 6.45) is 8.92. The van der Waals surface area contributed by atoms with Crippen molar-refractivity contribution in [2.24, 2.45) is 13.0 Å². The van der Waals surface area contributed by atoms with Gasteiger partial charge in [-0.3, -0.25) is 4.68 Å². The van der Waals surface area contributed by atoms with E-state index < -0.39 is 0 Å². The van der Waals surface area contributed by atoms with Crippen LogP contribution in [-0.4, -0.2) is 22.4 Å². The average Bonchev–Trinajstić information content (AvgIpc) is 2.62. The Morgan fingerprint density at radius 2 is 2.10 bits per heavy atom. The van der Waals surface area contributed by atoms with Crippen molar-refractivity contribution in [3.05, 3.63) is 16.4 Å². The molecular formula is C16H28ClN3. The van der Waals surface area contributed by atoms with Gasteiger partial charge in [-0.25, -0.2) is 0 Å². The lowest BCUT2D eigenvalue weighted by atomic mass is 9.93. The minimum Gasteiger partial charge on any atom is -0.314 e. The van der Waals surface area contributed by atoms with Gasteiger partial charge < -0.3 is 5.32 Å². The zero-order valence-corrected chi connectivity index (χ0v) is 13.8. The number of hydrogen-bond donors (Lipinski definition) is 1. The number of aromatic nitrogens is 2. The first-order chi connectivity index (χ1) is 9.61. The third kappa shape index (κ3) is 3.98. The fourth-order valence-electron chi connectivity index (χ4n) is 3.36. The second-order valence-corrected chi connectivity index (χ2v) is 6.59. The lowest BCUT2D eigenvalue weighted by Gasteiger charge is -2.21. The molecule has 1 aliphatic carbocycles. The van der Waals surface area contributed by atoms with Crippen LogP contribution in [0.1, 0.15) is 56.8 Å². The topological polar surface area (TPSA) is 29.9 Å². The maximum Gasteiger partial charge on any atom is 0.0847 e. The number of halogens is 1. The Morgan fingerprint density at radius 3 is 2.75 bits per heavy atom. The van der Waals surface area contributed by atoms with Crippen molar-refractivity contribution in [2.75, 3.05) is 6.54 Å². The molecule has 1 aliphatic rings. The molecule has 114 valence electrons. The van der Waals surface area contributed by atoms with E-state index in [1.165, 1.54) is 44.2 Å². The van der Waals surface area contributed by atoms with E-state index >= 15 is 0 Å². The van der Waals surface area contributed by atoms with Gasteiger partial charge in [-0.15, -0.1) is 0 Å². The first-order valence-electron chi connectivity index (χ1n) is 8.03. The summed E-state index contributed by atoms with van der Waals surface area (Å²) in [6, 6.07) is 0.690. The van der Waals surface area contributed by atoms with Gasteiger partial charge in [0.05, 0.1) is 16.4 Å². The summed E-state index contributed by atoms with van der Waals surface area (Å²) in [5.74, 6) is 0.735. The second-order valence-electron chi connectivity index (χ2n) is 6.21. The smallest absolute Gasteiger partial charge is 0.0847 e. The highest BCUT2D eigenvalue weighted by Gasteiger charge is 2.22. The molecule has 0 saturated heterocycles. The highest BCUT2D eigenvalue weighted by atomic mass is 35.5. The number of hydrogen-bond acceptors (Lipinski definition) is 2. The Kier molecular flexibility index (Phi) is 5.91. The van der Waals surface area contributed by atoms with E-state index in [1.807, 2.05) is 18.7 Å². The van der Waals surface area contributed by atoms with E-state index in [4.69, 9.17) is 11.6 Å². The van der Waals surface area contributed by atoms with Crippen LogP contribution in [0.2, 0.25) is 5.02 Å². The first-order valence-corrected chi connectivity index (χ1v) is 8.41. The van der Waals surface area contributed by atoms with Gasteiger partial charge in [0.15, 0.2) is 0 Å². The van der Waals surface area contributed by atoms with Gasteiger partial charge in [0, 0.05) is 13.1 Å². The van der Waals surface area contributed by atoms with Gasteiger partial charge in [0.25, 0.3) is 0 Å². The van der Waals surface area contributed by atoms with Crippen molar-refractivity contribution in [1.29, 1.82) is 0 Å². The zero-order valence-electron chi connectivity index (χ0n) is 13.1. The van der Waals surface area contributed by atoms with E-state index in [-0.39, 0.29) is 0 Å². The van der Waals surface area contributed by atoms with E-state index in [1.54, 1.807) is 0 Å². The van der Waals surface area contributed by atoms with Gasteiger partial charge in [-0.2, -0.15) is 5.10 Å². The number of nitrogens with zero attached hydrogens (tertiary/aromatic N) is 2. The fourth-order valence-corrected chi connectivity index (χ4v) is 3.59. The minimum absolute atomic E-state index is 0.690. The quantitative estimate of drug-likeness (QED) is 0.836. The van der Waals surface area contributed by atoms with Crippen molar-refractivity contribution in [3.8, 4) is 0 Å². The first kappa shape index (κ1) is 15.8. The Bertz CT molecular complexity index is 428. The Balaban J connectivity index is 1.99. The normalized spacial score (nSPS) is 23.8. The van der Waals surface area contributed by atoms with Crippen LogP contribution in [0, 0.1) is 12.8 Å². The van der Waals surface area contributed by atoms with Crippen molar-refractivity contribution in [1.82, 2.24) is 15.1 Å². The van der Waals surface area contributed by atoms with Crippen molar-refractivity contribution >= 4 is 11.6 Å². The molecule has 1 aromatic heterocycles. The second kappa shape index (κ2) is 7.46. The number of nitrogens with one attached hydrogen (secondary N) is 1. The van der Waals surface area contributed by atoms with Gasteiger partial charge >= 0.3 is 0 Å². The van der Waals surface area contributed by atoms with Crippen molar-refractivity contribution in [2.45, 2.75) is 64.8 Å². The van der Waals surface area contributed by atoms with E-state index in [0.29, 0.717) is 6.04 Å². The van der Waals surface area contributed by atoms with Crippen LogP contribution in [0.3, 0.4) is 0 Å². The molecule has 1 heterocycles. The third-order valence-electron chi connectivity index (χ3n) is 4.46. The molecule has 0 aliphatic heterocycles. The predicted molar refractivity (Wildman–Crippen MR) is 85.3 cm³/mol. The van der Waals surface area contributed by atoms with Crippen LogP contribution < -0.4 is 5.32 Å². The van der Waals surface area contributed by atoms with Gasteiger partial charge in [0.1, 0.15) is 0 Å². The minimum atomic E-state index is 0.690. The molecule has 1 aromatic rings. The van der Waals surface area contributed by atoms with Crippen molar-refractivity contribution < 1.29 is 0 Å². The molecule has 0 spiro atoms. The predicted octanol–water partition coefficient (Wildman–Crippen LogP) is 3.87. The monoisotopic (exact) mass is 297 g/mol. The van der Waals surface area contributed by atoms with Crippen LogP contribution >= 0.6 is 11.6 Å². The molecule has 2 rings (SSSR count). The van der Waals surface area contributed by atoms with E-state index in [0.717, 1.165) is 29.6 Å². The summed E-state index contributed by atoms with van der Waals surface area (Å²) >= 11 is 6.40. The summed E-state index contributed by atoms with van der Waals surface area (Å²) < 4.78 is 1.97. The summed E-state index contributed by atoms with van der Waals surface area (Å²) in [5, 5.41) is 9.01. The SMILES string of the molecule is CCCNC1CCCCC(Cc2c(Cl)c(C)nn2C)C1. The average molecular weight is 298 g/mol. The number of rotatable bonds is 5. The summed E-state index contributed by atoms with van der Waals surface area (Å²) in [7, 11) is 2.01. The van der Waals surface area contributed by atoms with E-state index in [9.17, 15) is 0 Å². The zero-order chi connectivity index (χ0) is 14.5. The molecule has 0 bridgehead atoms. The Labute approximate surface area is 128 Å². The molecule has 3 nitrogen and oxygen atoms in total. The molecule has 0 amide bonds. The molecule has 2 atom stereocenters. The molecule has 4 heteroatoms. The van der Waals surface area contributed by atoms with Gasteiger partial charge in [-0.1, -0.05) is 37.8 Å². The van der Waals surface area contributed by atoms with Crippen LogP contribution in [0.25, 0.3) is 0 Å². The summed E-state index contributed by atoms with van der Waals surface area (Å²) in [5.41, 5.74) is 2.17.